The van der Waals surface area contributed by atoms with Gasteiger partial charge in [-0.3, -0.25) is 20.1 Å². The molecule has 4 rings (SSSR count). The zero-order valence-electron chi connectivity index (χ0n) is 20.6. The van der Waals surface area contributed by atoms with E-state index in [0.29, 0.717) is 18.6 Å². The lowest BCUT2D eigenvalue weighted by atomic mass is 9.98. The monoisotopic (exact) mass is 509 g/mol. The maximum absolute atomic E-state index is 12.0. The first kappa shape index (κ1) is 25.9. The number of hydrogen-bond donors (Lipinski definition) is 2. The fourth-order valence-electron chi connectivity index (χ4n) is 4.81. The summed E-state index contributed by atoms with van der Waals surface area (Å²) in [6, 6.07) is 9.34. The third-order valence-electron chi connectivity index (χ3n) is 6.36. The Bertz CT molecular complexity index is 1280. The average molecular weight is 510 g/mol. The molecule has 37 heavy (non-hydrogen) atoms. The molecule has 1 aliphatic rings. The molecule has 1 aromatic carbocycles. The molecule has 12 nitrogen and oxygen atoms in total. The predicted molar refractivity (Wildman–Crippen MR) is 131 cm³/mol. The van der Waals surface area contributed by atoms with Crippen molar-refractivity contribution >= 4 is 35.0 Å². The van der Waals surface area contributed by atoms with E-state index in [4.69, 9.17) is 15.2 Å². The highest BCUT2D eigenvalue weighted by atomic mass is 16.6. The smallest absolute Gasteiger partial charge is 0.303 e. The van der Waals surface area contributed by atoms with Crippen LogP contribution >= 0.6 is 0 Å². The summed E-state index contributed by atoms with van der Waals surface area (Å²) in [5.74, 6) is -2.28. The maximum atomic E-state index is 12.0. The molecule has 3 N–H and O–H groups in total. The fraction of sp³-hybridized carbons (Fsp3) is 0.440. The number of imidazole rings is 1. The first-order chi connectivity index (χ1) is 17.7. The number of nitrogens with zero attached hydrogens (tertiary/aromatic N) is 4. The van der Waals surface area contributed by atoms with E-state index in [0.717, 1.165) is 12.0 Å². The molecule has 1 amide bonds. The number of hydrogen-bond acceptors (Lipinski definition) is 10. The highest BCUT2D eigenvalue weighted by Gasteiger charge is 2.49. The molecule has 0 saturated heterocycles. The second-order valence-electron chi connectivity index (χ2n) is 9.03. The van der Waals surface area contributed by atoms with Crippen molar-refractivity contribution < 1.29 is 29.0 Å². The number of aromatic nitrogens is 4. The van der Waals surface area contributed by atoms with Crippen LogP contribution in [0.5, 0.6) is 5.88 Å². The number of esters is 2. The van der Waals surface area contributed by atoms with Crippen LogP contribution in [-0.4, -0.2) is 61.2 Å². The Morgan fingerprint density at radius 3 is 2.49 bits per heavy atom. The molecule has 0 bridgehead atoms. The van der Waals surface area contributed by atoms with Crippen LogP contribution in [0.4, 0.5) is 5.95 Å². The summed E-state index contributed by atoms with van der Waals surface area (Å²) in [5, 5.41) is 13.6. The zero-order valence-corrected chi connectivity index (χ0v) is 20.6. The topological polar surface area (TPSA) is 169 Å². The SMILES string of the molecule is CC(=O)OC1C(CCC([NH])=O)CC(n2cnc3c(O)nc(NCCc4ccccc4)nc32)C1OC(C)=O. The number of ether oxygens (including phenoxy) is 2. The Balaban J connectivity index is 1.64. The van der Waals surface area contributed by atoms with Gasteiger partial charge < -0.3 is 24.5 Å². The van der Waals surface area contributed by atoms with Crippen LogP contribution in [0.3, 0.4) is 0 Å². The standard InChI is InChI=1S/C25H29N6O6/c1-14(32)36-21-17(8-9-19(26)34)12-18(22(21)37-15(2)33)31-13-28-20-23(31)29-25(30-24(20)35)27-11-10-16-6-4-3-5-7-16/h3-7,13,17-18,21-22,26H,8-12H2,1-2H3,(H2,27,29,30,35). The first-order valence-corrected chi connectivity index (χ1v) is 12.0. The minimum atomic E-state index is -0.878. The number of rotatable bonds is 10. The number of anilines is 1. The molecule has 2 heterocycles. The summed E-state index contributed by atoms with van der Waals surface area (Å²) in [6.45, 7) is 3.05. The highest BCUT2D eigenvalue weighted by molar-refractivity contribution is 5.77. The van der Waals surface area contributed by atoms with E-state index in [9.17, 15) is 19.5 Å². The van der Waals surface area contributed by atoms with Gasteiger partial charge in [-0.1, -0.05) is 30.3 Å². The van der Waals surface area contributed by atoms with Gasteiger partial charge in [0.05, 0.1) is 12.4 Å². The van der Waals surface area contributed by atoms with Crippen LogP contribution in [0.15, 0.2) is 36.7 Å². The van der Waals surface area contributed by atoms with E-state index in [1.54, 1.807) is 4.57 Å². The van der Waals surface area contributed by atoms with Crippen molar-refractivity contribution in [1.29, 1.82) is 0 Å². The number of amides is 1. The van der Waals surface area contributed by atoms with Crippen molar-refractivity contribution in [3.8, 4) is 5.88 Å². The lowest BCUT2D eigenvalue weighted by molar-refractivity contribution is -0.167. The van der Waals surface area contributed by atoms with Crippen LogP contribution in [0.1, 0.15) is 44.7 Å². The summed E-state index contributed by atoms with van der Waals surface area (Å²) in [4.78, 5) is 48.1. The first-order valence-electron chi connectivity index (χ1n) is 12.0. The van der Waals surface area contributed by atoms with Crippen LogP contribution in [0.25, 0.3) is 11.2 Å². The number of nitrogens with one attached hydrogen (secondary N) is 2. The molecule has 4 atom stereocenters. The Kier molecular flexibility index (Phi) is 7.85. The Morgan fingerprint density at radius 2 is 1.81 bits per heavy atom. The molecule has 1 saturated carbocycles. The van der Waals surface area contributed by atoms with Crippen LogP contribution in [-0.2, 0) is 30.3 Å². The van der Waals surface area contributed by atoms with E-state index < -0.39 is 36.1 Å². The van der Waals surface area contributed by atoms with Gasteiger partial charge in [0.25, 0.3) is 0 Å². The number of aromatic hydroxyl groups is 1. The second kappa shape index (κ2) is 11.2. The minimum absolute atomic E-state index is 0.0228. The normalized spacial score (nSPS) is 21.0. The van der Waals surface area contributed by atoms with Gasteiger partial charge in [0.1, 0.15) is 6.10 Å². The number of carbonyl (C=O) groups is 3. The van der Waals surface area contributed by atoms with E-state index in [2.05, 4.69) is 20.3 Å². The van der Waals surface area contributed by atoms with E-state index in [1.807, 2.05) is 30.3 Å². The van der Waals surface area contributed by atoms with Gasteiger partial charge in [0, 0.05) is 32.7 Å². The molecular weight excluding hydrogens is 480 g/mol. The van der Waals surface area contributed by atoms with Gasteiger partial charge in [0.15, 0.2) is 17.3 Å². The molecule has 195 valence electrons. The van der Waals surface area contributed by atoms with Crippen LogP contribution in [0, 0.1) is 5.92 Å². The fourth-order valence-corrected chi connectivity index (χ4v) is 4.81. The van der Waals surface area contributed by atoms with Gasteiger partial charge >= 0.3 is 11.9 Å². The maximum Gasteiger partial charge on any atom is 0.303 e. The molecule has 1 fully saturated rings. The summed E-state index contributed by atoms with van der Waals surface area (Å²) in [5.41, 5.74) is 8.89. The second-order valence-corrected chi connectivity index (χ2v) is 9.03. The molecule has 12 heteroatoms. The van der Waals surface area contributed by atoms with Crippen molar-refractivity contribution in [2.24, 2.45) is 5.92 Å². The van der Waals surface area contributed by atoms with E-state index in [-0.39, 0.29) is 36.1 Å². The molecule has 3 aromatic rings. The van der Waals surface area contributed by atoms with Gasteiger partial charge in [-0.25, -0.2) is 4.98 Å². The van der Waals surface area contributed by atoms with Crippen molar-refractivity contribution in [3.63, 3.8) is 0 Å². The van der Waals surface area contributed by atoms with Gasteiger partial charge in [0.2, 0.25) is 17.7 Å². The largest absolute Gasteiger partial charge is 0.492 e. The van der Waals surface area contributed by atoms with Crippen molar-refractivity contribution in [2.75, 3.05) is 11.9 Å². The third kappa shape index (κ3) is 6.13. The Labute approximate surface area is 213 Å². The van der Waals surface area contributed by atoms with Gasteiger partial charge in [-0.05, 0) is 24.8 Å². The number of carbonyl (C=O) groups excluding carboxylic acids is 3. The molecule has 4 unspecified atom stereocenters. The van der Waals surface area contributed by atoms with E-state index in [1.165, 1.54) is 20.2 Å². The molecule has 2 aromatic heterocycles. The lowest BCUT2D eigenvalue weighted by Gasteiger charge is -2.26. The van der Waals surface area contributed by atoms with Crippen LogP contribution < -0.4 is 11.1 Å². The summed E-state index contributed by atoms with van der Waals surface area (Å²) in [7, 11) is 0. The predicted octanol–water partition coefficient (Wildman–Crippen LogP) is 2.20. The van der Waals surface area contributed by atoms with Crippen molar-refractivity contribution in [1.82, 2.24) is 25.3 Å². The zero-order chi connectivity index (χ0) is 26.5. The molecule has 1 aliphatic carbocycles. The van der Waals surface area contributed by atoms with Crippen molar-refractivity contribution in [3.05, 3.63) is 42.2 Å². The Hall–Kier alpha value is -4.22. The molecule has 0 aliphatic heterocycles. The van der Waals surface area contributed by atoms with Crippen LogP contribution in [0.2, 0.25) is 0 Å². The lowest BCUT2D eigenvalue weighted by Crippen LogP contribution is -2.37. The Morgan fingerprint density at radius 1 is 1.11 bits per heavy atom. The number of fused-ring (bicyclic) bond motifs is 1. The van der Waals surface area contributed by atoms with Crippen molar-refractivity contribution in [2.45, 2.75) is 57.8 Å². The highest BCUT2D eigenvalue weighted by Crippen LogP contribution is 2.43. The summed E-state index contributed by atoms with van der Waals surface area (Å²) < 4.78 is 12.8. The quantitative estimate of drug-likeness (QED) is 0.386. The molecule has 1 radical (unpaired) electrons. The number of benzene rings is 1. The summed E-state index contributed by atoms with van der Waals surface area (Å²) in [6.07, 6.45) is 1.13. The van der Waals surface area contributed by atoms with Gasteiger partial charge in [-0.15, -0.1) is 0 Å². The summed E-state index contributed by atoms with van der Waals surface area (Å²) >= 11 is 0. The molecular formula is C25H29N6O6. The van der Waals surface area contributed by atoms with Gasteiger partial charge in [-0.2, -0.15) is 9.97 Å². The van der Waals surface area contributed by atoms with E-state index >= 15 is 0 Å². The molecule has 0 spiro atoms. The minimum Gasteiger partial charge on any atom is -0.492 e. The average Bonchev–Trinajstić information content (AvgIpc) is 3.40. The third-order valence-corrected chi connectivity index (χ3v) is 6.36.